The Kier molecular flexibility index (Phi) is 9.05. The maximum Gasteiger partial charge on any atom is 0.416 e. The van der Waals surface area contributed by atoms with Crippen LogP contribution in [0.2, 0.25) is 0 Å². The number of hydrogen-bond acceptors (Lipinski definition) is 3. The molecule has 10 heteroatoms. The van der Waals surface area contributed by atoms with Gasteiger partial charge in [0, 0.05) is 25.4 Å². The molecule has 1 fully saturated rings. The normalized spacial score (nSPS) is 16.7. The van der Waals surface area contributed by atoms with E-state index in [0.717, 1.165) is 31.5 Å². The molecule has 2 aromatic carbocycles. The van der Waals surface area contributed by atoms with Gasteiger partial charge in [0.2, 0.25) is 5.91 Å². The average Bonchev–Trinajstić information content (AvgIpc) is 2.82. The van der Waals surface area contributed by atoms with Gasteiger partial charge in [-0.1, -0.05) is 30.3 Å². The molecular weight excluding hydrogens is 486 g/mol. The van der Waals surface area contributed by atoms with E-state index >= 15 is 0 Å². The highest BCUT2D eigenvalue weighted by atomic mass is 19.4. The van der Waals surface area contributed by atoms with E-state index in [0.29, 0.717) is 18.7 Å². The van der Waals surface area contributed by atoms with E-state index < -0.39 is 30.1 Å². The number of alkyl halides is 6. The second kappa shape index (κ2) is 11.6. The van der Waals surface area contributed by atoms with Crippen LogP contribution in [0.4, 0.5) is 26.3 Å². The highest BCUT2D eigenvalue weighted by Crippen LogP contribution is 2.36. The zero-order valence-electron chi connectivity index (χ0n) is 20.2. The summed E-state index contributed by atoms with van der Waals surface area (Å²) in [7, 11) is 3.72. The molecule has 1 aliphatic rings. The minimum Gasteiger partial charge on any atom is -0.376 e. The Bertz CT molecular complexity index is 969. The average molecular weight is 517 g/mol. The van der Waals surface area contributed by atoms with Crippen LogP contribution in [0.25, 0.3) is 0 Å². The van der Waals surface area contributed by atoms with E-state index in [9.17, 15) is 31.1 Å². The SMILES string of the molecule is CN1CCC(C(=O)N(C)CC(COCc2cc(C(F)(F)F)cc(C(F)(F)F)c2)c2ccccc2)CC1. The smallest absolute Gasteiger partial charge is 0.376 e. The summed E-state index contributed by atoms with van der Waals surface area (Å²) in [6.45, 7) is 1.58. The summed E-state index contributed by atoms with van der Waals surface area (Å²) in [5.41, 5.74) is -2.11. The topological polar surface area (TPSA) is 32.8 Å². The lowest BCUT2D eigenvalue weighted by Crippen LogP contribution is -2.41. The Balaban J connectivity index is 1.71. The molecule has 1 amide bonds. The summed E-state index contributed by atoms with van der Waals surface area (Å²) in [4.78, 5) is 16.8. The van der Waals surface area contributed by atoms with Crippen LogP contribution in [0.3, 0.4) is 0 Å². The molecule has 0 radical (unpaired) electrons. The van der Waals surface area contributed by atoms with Gasteiger partial charge in [-0.15, -0.1) is 0 Å². The number of amides is 1. The van der Waals surface area contributed by atoms with Crippen molar-refractivity contribution in [2.24, 2.45) is 5.92 Å². The lowest BCUT2D eigenvalue weighted by Gasteiger charge is -2.32. The molecule has 2 aromatic rings. The van der Waals surface area contributed by atoms with Gasteiger partial charge >= 0.3 is 12.4 Å². The Labute approximate surface area is 206 Å². The van der Waals surface area contributed by atoms with Gasteiger partial charge < -0.3 is 14.5 Å². The van der Waals surface area contributed by atoms with Gasteiger partial charge in [-0.25, -0.2) is 0 Å². The lowest BCUT2D eigenvalue weighted by atomic mass is 9.94. The number of hydrogen-bond donors (Lipinski definition) is 0. The van der Waals surface area contributed by atoms with Crippen molar-refractivity contribution in [1.82, 2.24) is 9.80 Å². The highest BCUT2D eigenvalue weighted by Gasteiger charge is 2.37. The van der Waals surface area contributed by atoms with E-state index in [-0.39, 0.29) is 36.0 Å². The predicted octanol–water partition coefficient (Wildman–Crippen LogP) is 5.82. The van der Waals surface area contributed by atoms with E-state index in [1.165, 1.54) is 0 Å². The summed E-state index contributed by atoms with van der Waals surface area (Å²) in [6.07, 6.45) is -8.30. The second-order valence-electron chi connectivity index (χ2n) is 9.33. The number of carbonyl (C=O) groups is 1. The third kappa shape index (κ3) is 7.70. The summed E-state index contributed by atoms with van der Waals surface area (Å²) < 4.78 is 84.6. The molecule has 0 bridgehead atoms. The quantitative estimate of drug-likeness (QED) is 0.415. The Morgan fingerprint density at radius 1 is 1.00 bits per heavy atom. The van der Waals surface area contributed by atoms with E-state index in [4.69, 9.17) is 4.74 Å². The Morgan fingerprint density at radius 2 is 1.56 bits per heavy atom. The van der Waals surface area contributed by atoms with Crippen LogP contribution in [-0.2, 0) is 28.5 Å². The fourth-order valence-electron chi connectivity index (χ4n) is 4.39. The number of ether oxygens (including phenoxy) is 1. The molecule has 0 aliphatic carbocycles. The molecule has 3 rings (SSSR count). The van der Waals surface area contributed by atoms with Gasteiger partial charge in [0.05, 0.1) is 24.3 Å². The molecule has 0 aromatic heterocycles. The molecule has 1 unspecified atom stereocenters. The first-order valence-electron chi connectivity index (χ1n) is 11.7. The molecule has 36 heavy (non-hydrogen) atoms. The van der Waals surface area contributed by atoms with Gasteiger partial charge in [0.25, 0.3) is 0 Å². The predicted molar refractivity (Wildman–Crippen MR) is 123 cm³/mol. The molecule has 0 saturated carbocycles. The van der Waals surface area contributed by atoms with Gasteiger partial charge in [-0.05, 0) is 62.3 Å². The summed E-state index contributed by atoms with van der Waals surface area (Å²) in [6, 6.07) is 10.6. The number of rotatable bonds is 8. The number of piperidine rings is 1. The number of likely N-dealkylation sites (N-methyl/N-ethyl adjacent to an activating group) is 1. The van der Waals surface area contributed by atoms with Crippen LogP contribution >= 0.6 is 0 Å². The number of likely N-dealkylation sites (tertiary alicyclic amines) is 1. The van der Waals surface area contributed by atoms with Crippen molar-refractivity contribution in [2.45, 2.75) is 37.7 Å². The zero-order valence-corrected chi connectivity index (χ0v) is 20.2. The fourth-order valence-corrected chi connectivity index (χ4v) is 4.39. The van der Waals surface area contributed by atoms with Crippen LogP contribution < -0.4 is 0 Å². The van der Waals surface area contributed by atoms with Crippen molar-refractivity contribution in [3.63, 3.8) is 0 Å². The first-order valence-corrected chi connectivity index (χ1v) is 11.7. The fraction of sp³-hybridized carbons (Fsp3) is 0.500. The van der Waals surface area contributed by atoms with Gasteiger partial charge in [-0.3, -0.25) is 4.79 Å². The molecule has 4 nitrogen and oxygen atoms in total. The summed E-state index contributed by atoms with van der Waals surface area (Å²) in [5, 5.41) is 0. The monoisotopic (exact) mass is 516 g/mol. The third-order valence-corrected chi connectivity index (χ3v) is 6.44. The minimum atomic E-state index is -4.92. The first kappa shape index (κ1) is 28.0. The van der Waals surface area contributed by atoms with Gasteiger partial charge in [-0.2, -0.15) is 26.3 Å². The van der Waals surface area contributed by atoms with E-state index in [1.54, 1.807) is 11.9 Å². The van der Waals surface area contributed by atoms with Crippen molar-refractivity contribution in [3.05, 3.63) is 70.8 Å². The number of halogens is 6. The second-order valence-corrected chi connectivity index (χ2v) is 9.33. The molecule has 0 spiro atoms. The molecule has 198 valence electrons. The minimum absolute atomic E-state index is 0.0205. The number of carbonyl (C=O) groups excluding carboxylic acids is 1. The third-order valence-electron chi connectivity index (χ3n) is 6.44. The van der Waals surface area contributed by atoms with E-state index in [2.05, 4.69) is 4.90 Å². The molecule has 1 atom stereocenters. The molecule has 1 aliphatic heterocycles. The van der Waals surface area contributed by atoms with Crippen LogP contribution in [0.1, 0.15) is 41.0 Å². The van der Waals surface area contributed by atoms with Crippen LogP contribution in [0, 0.1) is 5.92 Å². The van der Waals surface area contributed by atoms with Crippen LogP contribution in [0.5, 0.6) is 0 Å². The van der Waals surface area contributed by atoms with Gasteiger partial charge in [0.1, 0.15) is 0 Å². The molecule has 1 heterocycles. The summed E-state index contributed by atoms with van der Waals surface area (Å²) in [5.74, 6) is -0.356. The van der Waals surface area contributed by atoms with E-state index in [1.807, 2.05) is 37.4 Å². The zero-order chi connectivity index (χ0) is 26.5. The maximum absolute atomic E-state index is 13.2. The first-order chi connectivity index (χ1) is 16.8. The standard InChI is InChI=1S/C26H30F6N2O2/c1-33-10-8-20(9-11-33)24(35)34(2)15-21(19-6-4-3-5-7-19)17-36-16-18-12-22(25(27,28)29)14-23(13-18)26(30,31)32/h3-7,12-14,20-21H,8-11,15-17H2,1-2H3. The Morgan fingerprint density at radius 3 is 2.08 bits per heavy atom. The number of benzene rings is 2. The highest BCUT2D eigenvalue weighted by molar-refractivity contribution is 5.78. The molecule has 1 saturated heterocycles. The van der Waals surface area contributed by atoms with Crippen molar-refractivity contribution >= 4 is 5.91 Å². The van der Waals surface area contributed by atoms with Crippen molar-refractivity contribution in [2.75, 3.05) is 40.3 Å². The molecule has 0 N–H and O–H groups in total. The number of nitrogens with zero attached hydrogens (tertiary/aromatic N) is 2. The van der Waals surface area contributed by atoms with Crippen molar-refractivity contribution < 1.29 is 35.9 Å². The Hall–Kier alpha value is -2.59. The molecular formula is C26H30F6N2O2. The maximum atomic E-state index is 13.2. The van der Waals surface area contributed by atoms with Crippen molar-refractivity contribution in [1.29, 1.82) is 0 Å². The largest absolute Gasteiger partial charge is 0.416 e. The van der Waals surface area contributed by atoms with Gasteiger partial charge in [0.15, 0.2) is 0 Å². The van der Waals surface area contributed by atoms with Crippen LogP contribution in [-0.4, -0.2) is 56.0 Å². The lowest BCUT2D eigenvalue weighted by molar-refractivity contribution is -0.143. The summed E-state index contributed by atoms with van der Waals surface area (Å²) >= 11 is 0. The van der Waals surface area contributed by atoms with Crippen LogP contribution in [0.15, 0.2) is 48.5 Å². The van der Waals surface area contributed by atoms with Crippen molar-refractivity contribution in [3.8, 4) is 0 Å².